The summed E-state index contributed by atoms with van der Waals surface area (Å²) in [5, 5.41) is 12.0. The van der Waals surface area contributed by atoms with Crippen LogP contribution in [0.4, 0.5) is 14.0 Å². The summed E-state index contributed by atoms with van der Waals surface area (Å²) in [5.41, 5.74) is 2.73. The van der Waals surface area contributed by atoms with E-state index in [-0.39, 0.29) is 18.9 Å². The third-order valence-electron chi connectivity index (χ3n) is 5.16. The standard InChI is InChI=1S/C23H24FN3O4/c1-3-19-15(2)13-27(23(31)26(19)14-16-9-11-18(24)12-10-16)22(30)25-20(21(28)29)17-7-5-4-6-8-17/h4-12,20H,3,13-14H2,1-2H3,(H,25,30)(H,28,29). The lowest BCUT2D eigenvalue weighted by Crippen LogP contribution is -2.54. The number of amides is 4. The van der Waals surface area contributed by atoms with Gasteiger partial charge in [-0.05, 0) is 42.2 Å². The van der Waals surface area contributed by atoms with Crippen molar-refractivity contribution in [3.05, 3.63) is 82.8 Å². The third-order valence-corrected chi connectivity index (χ3v) is 5.16. The molecular formula is C23H24FN3O4. The van der Waals surface area contributed by atoms with Crippen LogP contribution >= 0.6 is 0 Å². The first kappa shape index (κ1) is 22.0. The Kier molecular flexibility index (Phi) is 6.69. The third kappa shape index (κ3) is 4.91. The highest BCUT2D eigenvalue weighted by atomic mass is 19.1. The second-order valence-electron chi connectivity index (χ2n) is 7.29. The van der Waals surface area contributed by atoms with Crippen LogP contribution in [0.2, 0.25) is 0 Å². The molecule has 0 aromatic heterocycles. The van der Waals surface area contributed by atoms with Gasteiger partial charge >= 0.3 is 18.0 Å². The summed E-state index contributed by atoms with van der Waals surface area (Å²) in [4.78, 5) is 40.3. The highest BCUT2D eigenvalue weighted by Crippen LogP contribution is 2.26. The fraction of sp³-hybridized carbons (Fsp3) is 0.261. The Labute approximate surface area is 179 Å². The van der Waals surface area contributed by atoms with Crippen molar-refractivity contribution >= 4 is 18.0 Å². The summed E-state index contributed by atoms with van der Waals surface area (Å²) in [5.74, 6) is -1.61. The van der Waals surface area contributed by atoms with Crippen LogP contribution in [0, 0.1) is 5.82 Å². The first-order chi connectivity index (χ1) is 14.8. The molecule has 162 valence electrons. The van der Waals surface area contributed by atoms with Gasteiger partial charge in [-0.3, -0.25) is 4.90 Å². The van der Waals surface area contributed by atoms with Crippen molar-refractivity contribution in [1.29, 1.82) is 0 Å². The molecule has 31 heavy (non-hydrogen) atoms. The minimum absolute atomic E-state index is 0.0644. The van der Waals surface area contributed by atoms with Gasteiger partial charge in [0.1, 0.15) is 5.82 Å². The number of imide groups is 1. The first-order valence-electron chi connectivity index (χ1n) is 9.92. The molecule has 1 aliphatic rings. The summed E-state index contributed by atoms with van der Waals surface area (Å²) < 4.78 is 13.2. The highest BCUT2D eigenvalue weighted by molar-refractivity contribution is 5.97. The maximum atomic E-state index is 13.2. The zero-order valence-corrected chi connectivity index (χ0v) is 17.3. The van der Waals surface area contributed by atoms with E-state index < -0.39 is 24.1 Å². The van der Waals surface area contributed by atoms with Gasteiger partial charge in [0.05, 0.1) is 13.1 Å². The molecule has 1 atom stereocenters. The van der Waals surface area contributed by atoms with Crippen LogP contribution in [0.3, 0.4) is 0 Å². The minimum Gasteiger partial charge on any atom is -0.479 e. The van der Waals surface area contributed by atoms with Crippen LogP contribution in [0.5, 0.6) is 0 Å². The van der Waals surface area contributed by atoms with Gasteiger partial charge < -0.3 is 10.4 Å². The molecule has 7 nitrogen and oxygen atoms in total. The van der Waals surface area contributed by atoms with Crippen molar-refractivity contribution in [1.82, 2.24) is 15.1 Å². The molecular weight excluding hydrogens is 401 g/mol. The summed E-state index contributed by atoms with van der Waals surface area (Å²) in [7, 11) is 0. The number of hydrogen-bond donors (Lipinski definition) is 2. The van der Waals surface area contributed by atoms with E-state index in [1.54, 1.807) is 42.5 Å². The molecule has 1 unspecified atom stereocenters. The molecule has 2 aromatic rings. The Bertz CT molecular complexity index is 1010. The Morgan fingerprint density at radius 1 is 1.13 bits per heavy atom. The van der Waals surface area contributed by atoms with E-state index in [0.717, 1.165) is 16.2 Å². The predicted octanol–water partition coefficient (Wildman–Crippen LogP) is 4.28. The molecule has 0 bridgehead atoms. The molecule has 0 spiro atoms. The van der Waals surface area contributed by atoms with Gasteiger partial charge in [-0.1, -0.05) is 49.4 Å². The molecule has 8 heteroatoms. The highest BCUT2D eigenvalue weighted by Gasteiger charge is 2.35. The van der Waals surface area contributed by atoms with Crippen molar-refractivity contribution in [2.75, 3.05) is 6.54 Å². The van der Waals surface area contributed by atoms with E-state index in [1.807, 2.05) is 13.8 Å². The molecule has 1 heterocycles. The van der Waals surface area contributed by atoms with Crippen LogP contribution in [0.1, 0.15) is 37.4 Å². The number of carboxylic acid groups (broad SMARTS) is 1. The van der Waals surface area contributed by atoms with Gasteiger partial charge in [0.25, 0.3) is 0 Å². The van der Waals surface area contributed by atoms with Crippen molar-refractivity contribution in [2.45, 2.75) is 32.9 Å². The number of carbonyl (C=O) groups is 3. The van der Waals surface area contributed by atoms with E-state index in [4.69, 9.17) is 0 Å². The lowest BCUT2D eigenvalue weighted by Gasteiger charge is -2.37. The fourth-order valence-corrected chi connectivity index (χ4v) is 3.61. The summed E-state index contributed by atoms with van der Waals surface area (Å²) in [6, 6.07) is 11.4. The number of halogens is 1. The monoisotopic (exact) mass is 425 g/mol. The van der Waals surface area contributed by atoms with Crippen molar-refractivity contribution in [3.63, 3.8) is 0 Å². The second-order valence-corrected chi connectivity index (χ2v) is 7.29. The van der Waals surface area contributed by atoms with Gasteiger partial charge in [0.15, 0.2) is 6.04 Å². The number of nitrogens with one attached hydrogen (secondary N) is 1. The Morgan fingerprint density at radius 3 is 2.35 bits per heavy atom. The van der Waals surface area contributed by atoms with Crippen molar-refractivity contribution in [2.24, 2.45) is 0 Å². The van der Waals surface area contributed by atoms with E-state index in [9.17, 15) is 23.9 Å². The molecule has 2 N–H and O–H groups in total. The number of benzene rings is 2. The average molecular weight is 425 g/mol. The fourth-order valence-electron chi connectivity index (χ4n) is 3.61. The van der Waals surface area contributed by atoms with Crippen LogP contribution in [0.25, 0.3) is 0 Å². The van der Waals surface area contributed by atoms with Crippen LogP contribution in [0.15, 0.2) is 65.9 Å². The minimum atomic E-state index is -1.29. The van der Waals surface area contributed by atoms with E-state index in [0.29, 0.717) is 17.5 Å². The average Bonchev–Trinajstić information content (AvgIpc) is 2.76. The number of hydrogen-bond acceptors (Lipinski definition) is 3. The van der Waals surface area contributed by atoms with Gasteiger partial charge in [-0.15, -0.1) is 0 Å². The molecule has 2 aromatic carbocycles. The van der Waals surface area contributed by atoms with E-state index >= 15 is 0 Å². The lowest BCUT2D eigenvalue weighted by molar-refractivity contribution is -0.139. The molecule has 0 saturated heterocycles. The number of carboxylic acids is 1. The first-order valence-corrected chi connectivity index (χ1v) is 9.92. The summed E-state index contributed by atoms with van der Waals surface area (Å²) >= 11 is 0. The van der Waals surface area contributed by atoms with Gasteiger partial charge in [-0.25, -0.2) is 23.7 Å². The van der Waals surface area contributed by atoms with Crippen LogP contribution in [-0.2, 0) is 11.3 Å². The number of allylic oxidation sites excluding steroid dienone is 1. The summed E-state index contributed by atoms with van der Waals surface area (Å²) in [6.45, 7) is 3.98. The van der Waals surface area contributed by atoms with Crippen LogP contribution < -0.4 is 5.32 Å². The Balaban J connectivity index is 1.84. The molecule has 1 aliphatic heterocycles. The van der Waals surface area contributed by atoms with E-state index in [1.165, 1.54) is 17.0 Å². The maximum Gasteiger partial charge on any atom is 0.332 e. The van der Waals surface area contributed by atoms with Gasteiger partial charge in [0, 0.05) is 5.70 Å². The van der Waals surface area contributed by atoms with Crippen molar-refractivity contribution in [3.8, 4) is 0 Å². The molecule has 0 fully saturated rings. The largest absolute Gasteiger partial charge is 0.479 e. The number of carbonyl (C=O) groups excluding carboxylic acids is 2. The SMILES string of the molecule is CCC1=C(C)CN(C(=O)NC(C(=O)O)c2ccccc2)C(=O)N1Cc1ccc(F)cc1. The topological polar surface area (TPSA) is 90.0 Å². The Morgan fingerprint density at radius 2 is 1.77 bits per heavy atom. The Hall–Kier alpha value is -3.68. The number of urea groups is 2. The zero-order chi connectivity index (χ0) is 22.5. The maximum absolute atomic E-state index is 13.2. The van der Waals surface area contributed by atoms with Crippen molar-refractivity contribution < 1.29 is 23.9 Å². The second kappa shape index (κ2) is 9.42. The molecule has 0 saturated carbocycles. The van der Waals surface area contributed by atoms with Crippen LogP contribution in [-0.4, -0.2) is 39.5 Å². The molecule has 0 radical (unpaired) electrons. The number of rotatable bonds is 6. The summed E-state index contributed by atoms with van der Waals surface area (Å²) in [6.07, 6.45) is 0.579. The van der Waals surface area contributed by atoms with Gasteiger partial charge in [-0.2, -0.15) is 0 Å². The molecule has 0 aliphatic carbocycles. The quantitative estimate of drug-likeness (QED) is 0.723. The molecule has 3 rings (SSSR count). The van der Waals surface area contributed by atoms with E-state index in [2.05, 4.69) is 5.32 Å². The zero-order valence-electron chi connectivity index (χ0n) is 17.3. The lowest BCUT2D eigenvalue weighted by atomic mass is 10.1. The number of aliphatic carboxylic acids is 1. The smallest absolute Gasteiger partial charge is 0.332 e. The molecule has 4 amide bonds. The predicted molar refractivity (Wildman–Crippen MR) is 112 cm³/mol. The normalized spacial score (nSPS) is 15.1. The number of nitrogens with zero attached hydrogens (tertiary/aromatic N) is 2. The van der Waals surface area contributed by atoms with Gasteiger partial charge in [0.2, 0.25) is 0 Å².